The Bertz CT molecular complexity index is 182. The third kappa shape index (κ3) is 4.40. The van der Waals surface area contributed by atoms with Crippen LogP contribution in [0.4, 0.5) is 0 Å². The van der Waals surface area contributed by atoms with Gasteiger partial charge in [0.05, 0.1) is 0 Å². The van der Waals surface area contributed by atoms with Gasteiger partial charge in [0.15, 0.2) is 0 Å². The molecule has 0 saturated heterocycles. The van der Waals surface area contributed by atoms with Gasteiger partial charge in [-0.2, -0.15) is 0 Å². The van der Waals surface area contributed by atoms with Gasteiger partial charge in [-0.15, -0.1) is 0 Å². The largest absolute Gasteiger partial charge is 0.326 e. The highest BCUT2D eigenvalue weighted by Gasteiger charge is 2.26. The highest BCUT2D eigenvalue weighted by molar-refractivity contribution is 4.85. The molecule has 0 amide bonds. The minimum absolute atomic E-state index is 0.410. The maximum atomic E-state index is 6.23. The smallest absolute Gasteiger partial charge is 0.0247 e. The Labute approximate surface area is 101 Å². The van der Waals surface area contributed by atoms with E-state index in [0.29, 0.717) is 12.1 Å². The van der Waals surface area contributed by atoms with Crippen molar-refractivity contribution >= 4 is 0 Å². The molecule has 1 rings (SSSR count). The Morgan fingerprint density at radius 1 is 1.12 bits per heavy atom. The Hall–Kier alpha value is -0.120. The summed E-state index contributed by atoms with van der Waals surface area (Å²) in [5.41, 5.74) is 6.23. The van der Waals surface area contributed by atoms with Crippen molar-refractivity contribution < 1.29 is 0 Å². The third-order valence-corrected chi connectivity index (χ3v) is 3.71. The fraction of sp³-hybridized carbons (Fsp3) is 1.00. The first kappa shape index (κ1) is 13.9. The quantitative estimate of drug-likeness (QED) is 0.747. The molecule has 0 aliphatic heterocycles. The van der Waals surface area contributed by atoms with E-state index in [1.54, 1.807) is 0 Å². The van der Waals surface area contributed by atoms with Crippen molar-refractivity contribution in [2.24, 2.45) is 5.73 Å². The molecule has 3 heteroatoms. The molecule has 3 nitrogen and oxygen atoms in total. The third-order valence-electron chi connectivity index (χ3n) is 3.71. The summed E-state index contributed by atoms with van der Waals surface area (Å²) in [6.07, 6.45) is 6.46. The average Bonchev–Trinajstić information content (AvgIpc) is 2.25. The Morgan fingerprint density at radius 3 is 2.38 bits per heavy atom. The topological polar surface area (TPSA) is 32.5 Å². The maximum Gasteiger partial charge on any atom is 0.0247 e. The molecule has 0 aromatic heterocycles. The Morgan fingerprint density at radius 2 is 1.81 bits per heavy atom. The first-order chi connectivity index (χ1) is 7.65. The molecule has 16 heavy (non-hydrogen) atoms. The van der Waals surface area contributed by atoms with Crippen LogP contribution in [-0.4, -0.2) is 55.6 Å². The second-order valence-electron chi connectivity index (χ2n) is 5.30. The van der Waals surface area contributed by atoms with Crippen LogP contribution in [0, 0.1) is 0 Å². The average molecular weight is 227 g/mol. The summed E-state index contributed by atoms with van der Waals surface area (Å²) in [5.74, 6) is 0. The summed E-state index contributed by atoms with van der Waals surface area (Å²) in [4.78, 5) is 4.85. The van der Waals surface area contributed by atoms with Gasteiger partial charge in [0.2, 0.25) is 0 Å². The van der Waals surface area contributed by atoms with E-state index in [1.807, 2.05) is 0 Å². The van der Waals surface area contributed by atoms with Gasteiger partial charge in [0.25, 0.3) is 0 Å². The SMILES string of the molecule is CCN(CCCN(C)C)C1CCCCC1N. The minimum Gasteiger partial charge on any atom is -0.326 e. The van der Waals surface area contributed by atoms with E-state index in [1.165, 1.54) is 45.2 Å². The zero-order valence-corrected chi connectivity index (χ0v) is 11.3. The summed E-state index contributed by atoms with van der Waals surface area (Å²) in [6.45, 7) is 5.79. The lowest BCUT2D eigenvalue weighted by Gasteiger charge is -2.38. The van der Waals surface area contributed by atoms with Gasteiger partial charge in [-0.05, 0) is 53.0 Å². The van der Waals surface area contributed by atoms with Gasteiger partial charge >= 0.3 is 0 Å². The van der Waals surface area contributed by atoms with E-state index < -0.39 is 0 Å². The molecule has 1 aliphatic rings. The maximum absolute atomic E-state index is 6.23. The molecule has 2 atom stereocenters. The van der Waals surface area contributed by atoms with Crippen molar-refractivity contribution in [2.75, 3.05) is 33.7 Å². The Kier molecular flexibility index (Phi) is 6.32. The molecule has 2 N–H and O–H groups in total. The number of hydrogen-bond donors (Lipinski definition) is 1. The fourth-order valence-corrected chi connectivity index (χ4v) is 2.74. The molecular weight excluding hydrogens is 198 g/mol. The van der Waals surface area contributed by atoms with Gasteiger partial charge < -0.3 is 10.6 Å². The van der Waals surface area contributed by atoms with Gasteiger partial charge in [0, 0.05) is 12.1 Å². The van der Waals surface area contributed by atoms with Crippen molar-refractivity contribution in [2.45, 2.75) is 51.1 Å². The Balaban J connectivity index is 2.33. The first-order valence-electron chi connectivity index (χ1n) is 6.79. The normalized spacial score (nSPS) is 26.6. The van der Waals surface area contributed by atoms with Crippen LogP contribution in [0.2, 0.25) is 0 Å². The lowest BCUT2D eigenvalue weighted by molar-refractivity contribution is 0.139. The molecule has 96 valence electrons. The summed E-state index contributed by atoms with van der Waals surface area (Å²) in [5, 5.41) is 0. The lowest BCUT2D eigenvalue weighted by atomic mass is 9.89. The number of likely N-dealkylation sites (N-methyl/N-ethyl adjacent to an activating group) is 1. The van der Waals surface area contributed by atoms with Crippen molar-refractivity contribution in [3.05, 3.63) is 0 Å². The summed E-state index contributed by atoms with van der Waals surface area (Å²) in [7, 11) is 4.28. The second kappa shape index (κ2) is 7.25. The van der Waals surface area contributed by atoms with Gasteiger partial charge in [-0.1, -0.05) is 19.8 Å². The van der Waals surface area contributed by atoms with Crippen LogP contribution in [0.1, 0.15) is 39.0 Å². The second-order valence-corrected chi connectivity index (χ2v) is 5.30. The van der Waals surface area contributed by atoms with Crippen LogP contribution in [0.3, 0.4) is 0 Å². The number of hydrogen-bond acceptors (Lipinski definition) is 3. The predicted molar refractivity (Wildman–Crippen MR) is 70.6 cm³/mol. The molecule has 0 spiro atoms. The first-order valence-corrected chi connectivity index (χ1v) is 6.79. The van der Waals surface area contributed by atoms with E-state index in [9.17, 15) is 0 Å². The van der Waals surface area contributed by atoms with E-state index in [0.717, 1.165) is 6.54 Å². The number of nitrogens with two attached hydrogens (primary N) is 1. The molecule has 1 fully saturated rings. The van der Waals surface area contributed by atoms with Crippen LogP contribution in [0.5, 0.6) is 0 Å². The zero-order chi connectivity index (χ0) is 12.0. The highest BCUT2D eigenvalue weighted by atomic mass is 15.2. The van der Waals surface area contributed by atoms with Gasteiger partial charge in [-0.3, -0.25) is 4.90 Å². The van der Waals surface area contributed by atoms with Crippen LogP contribution in [-0.2, 0) is 0 Å². The van der Waals surface area contributed by atoms with Crippen LogP contribution in [0.25, 0.3) is 0 Å². The predicted octanol–water partition coefficient (Wildman–Crippen LogP) is 1.53. The van der Waals surface area contributed by atoms with E-state index in [2.05, 4.69) is 30.8 Å². The minimum atomic E-state index is 0.410. The van der Waals surface area contributed by atoms with Crippen LogP contribution < -0.4 is 5.73 Å². The summed E-state index contributed by atoms with van der Waals surface area (Å²) < 4.78 is 0. The number of nitrogens with zero attached hydrogens (tertiary/aromatic N) is 2. The molecule has 0 heterocycles. The lowest BCUT2D eigenvalue weighted by Crippen LogP contribution is -2.50. The van der Waals surface area contributed by atoms with Gasteiger partial charge in [0.1, 0.15) is 0 Å². The molecule has 0 aromatic carbocycles. The molecular formula is C13H29N3. The molecule has 0 radical (unpaired) electrons. The van der Waals surface area contributed by atoms with E-state index >= 15 is 0 Å². The summed E-state index contributed by atoms with van der Waals surface area (Å²) >= 11 is 0. The standard InChI is InChI=1S/C13H29N3/c1-4-16(11-7-10-15(2)3)13-9-6-5-8-12(13)14/h12-13H,4-11,14H2,1-3H3. The van der Waals surface area contributed by atoms with Crippen molar-refractivity contribution in [3.63, 3.8) is 0 Å². The molecule has 0 aromatic rings. The van der Waals surface area contributed by atoms with Crippen molar-refractivity contribution in [1.29, 1.82) is 0 Å². The highest BCUT2D eigenvalue weighted by Crippen LogP contribution is 2.21. The van der Waals surface area contributed by atoms with Crippen LogP contribution >= 0.6 is 0 Å². The fourth-order valence-electron chi connectivity index (χ4n) is 2.74. The molecule has 1 saturated carbocycles. The van der Waals surface area contributed by atoms with E-state index in [-0.39, 0.29) is 0 Å². The van der Waals surface area contributed by atoms with Crippen molar-refractivity contribution in [1.82, 2.24) is 9.80 Å². The molecule has 1 aliphatic carbocycles. The van der Waals surface area contributed by atoms with Crippen molar-refractivity contribution in [3.8, 4) is 0 Å². The summed E-state index contributed by atoms with van der Waals surface area (Å²) in [6, 6.07) is 1.05. The van der Waals surface area contributed by atoms with Crippen LogP contribution in [0.15, 0.2) is 0 Å². The molecule has 2 unspecified atom stereocenters. The zero-order valence-electron chi connectivity index (χ0n) is 11.3. The van der Waals surface area contributed by atoms with Gasteiger partial charge in [-0.25, -0.2) is 0 Å². The van der Waals surface area contributed by atoms with E-state index in [4.69, 9.17) is 5.73 Å². The molecule has 0 bridgehead atoms. The monoisotopic (exact) mass is 227 g/mol. The number of rotatable bonds is 6.